The third-order valence-electron chi connectivity index (χ3n) is 3.09. The first kappa shape index (κ1) is 10.0. The number of hydrogen-bond acceptors (Lipinski definition) is 2. The van der Waals surface area contributed by atoms with Gasteiger partial charge in [0.1, 0.15) is 0 Å². The van der Waals surface area contributed by atoms with Crippen molar-refractivity contribution in [3.8, 4) is 0 Å². The van der Waals surface area contributed by atoms with Crippen LogP contribution in [0.2, 0.25) is 0 Å². The summed E-state index contributed by atoms with van der Waals surface area (Å²) < 4.78 is 0. The summed E-state index contributed by atoms with van der Waals surface area (Å²) in [7, 11) is 4.31. The fourth-order valence-electron chi connectivity index (χ4n) is 2.19. The molecule has 0 aromatic rings. The molecule has 1 aliphatic rings. The molecule has 2 heteroatoms. The summed E-state index contributed by atoms with van der Waals surface area (Å²) in [6, 6.07) is 0.737. The molecule has 0 aliphatic carbocycles. The van der Waals surface area contributed by atoms with Crippen LogP contribution in [0.3, 0.4) is 0 Å². The van der Waals surface area contributed by atoms with Crippen molar-refractivity contribution in [3.05, 3.63) is 0 Å². The Morgan fingerprint density at radius 2 is 2.08 bits per heavy atom. The van der Waals surface area contributed by atoms with E-state index in [1.165, 1.54) is 19.5 Å². The number of likely N-dealkylation sites (tertiary alicyclic amines) is 1. The van der Waals surface area contributed by atoms with Gasteiger partial charge >= 0.3 is 0 Å². The van der Waals surface area contributed by atoms with Gasteiger partial charge in [-0.2, -0.15) is 0 Å². The molecule has 0 spiro atoms. The summed E-state index contributed by atoms with van der Waals surface area (Å²) in [6.07, 6.45) is 1.30. The summed E-state index contributed by atoms with van der Waals surface area (Å²) in [6.45, 7) is 7.15. The van der Waals surface area contributed by atoms with Crippen molar-refractivity contribution in [2.75, 3.05) is 27.2 Å². The SMILES string of the molecule is CNC1CCN(C)CC1C(C)C. The van der Waals surface area contributed by atoms with E-state index in [9.17, 15) is 0 Å². The maximum absolute atomic E-state index is 3.43. The number of piperidine rings is 1. The maximum atomic E-state index is 3.43. The summed E-state index contributed by atoms with van der Waals surface area (Å²) in [4.78, 5) is 2.44. The van der Waals surface area contributed by atoms with Crippen molar-refractivity contribution in [1.29, 1.82) is 0 Å². The molecule has 1 aliphatic heterocycles. The van der Waals surface area contributed by atoms with Crippen LogP contribution in [0, 0.1) is 11.8 Å². The molecule has 0 radical (unpaired) electrons. The summed E-state index contributed by atoms with van der Waals surface area (Å²) in [5.41, 5.74) is 0. The first-order valence-electron chi connectivity index (χ1n) is 5.01. The van der Waals surface area contributed by atoms with Crippen molar-refractivity contribution in [1.82, 2.24) is 10.2 Å². The van der Waals surface area contributed by atoms with Crippen molar-refractivity contribution in [2.45, 2.75) is 26.3 Å². The van der Waals surface area contributed by atoms with Gasteiger partial charge in [0, 0.05) is 12.6 Å². The molecule has 0 aromatic carbocycles. The van der Waals surface area contributed by atoms with Gasteiger partial charge in [-0.3, -0.25) is 0 Å². The summed E-state index contributed by atoms with van der Waals surface area (Å²) in [5, 5.41) is 3.43. The zero-order valence-electron chi connectivity index (χ0n) is 8.80. The molecule has 0 saturated carbocycles. The first-order chi connectivity index (χ1) is 5.65. The minimum Gasteiger partial charge on any atom is -0.317 e. The predicted octanol–water partition coefficient (Wildman–Crippen LogP) is 1.18. The van der Waals surface area contributed by atoms with Crippen molar-refractivity contribution < 1.29 is 0 Å². The van der Waals surface area contributed by atoms with E-state index in [1.54, 1.807) is 0 Å². The van der Waals surface area contributed by atoms with Crippen LogP contribution >= 0.6 is 0 Å². The lowest BCUT2D eigenvalue weighted by Crippen LogP contribution is -2.48. The molecule has 0 aromatic heterocycles. The lowest BCUT2D eigenvalue weighted by atomic mass is 9.84. The van der Waals surface area contributed by atoms with E-state index >= 15 is 0 Å². The highest BCUT2D eigenvalue weighted by Crippen LogP contribution is 2.22. The highest BCUT2D eigenvalue weighted by Gasteiger charge is 2.28. The molecule has 1 heterocycles. The quantitative estimate of drug-likeness (QED) is 0.669. The largest absolute Gasteiger partial charge is 0.317 e. The van der Waals surface area contributed by atoms with Crippen LogP contribution in [0.4, 0.5) is 0 Å². The van der Waals surface area contributed by atoms with Gasteiger partial charge in [0.2, 0.25) is 0 Å². The fourth-order valence-corrected chi connectivity index (χ4v) is 2.19. The highest BCUT2D eigenvalue weighted by molar-refractivity contribution is 4.84. The molecular weight excluding hydrogens is 148 g/mol. The van der Waals surface area contributed by atoms with Gasteiger partial charge in [-0.1, -0.05) is 13.8 Å². The molecule has 2 nitrogen and oxygen atoms in total. The Hall–Kier alpha value is -0.0800. The van der Waals surface area contributed by atoms with Gasteiger partial charge in [0.05, 0.1) is 0 Å². The van der Waals surface area contributed by atoms with Crippen LogP contribution in [0.1, 0.15) is 20.3 Å². The van der Waals surface area contributed by atoms with E-state index in [0.29, 0.717) is 0 Å². The third-order valence-corrected chi connectivity index (χ3v) is 3.09. The molecular formula is C10H22N2. The second-order valence-corrected chi connectivity index (χ2v) is 4.35. The number of nitrogens with zero attached hydrogens (tertiary/aromatic N) is 1. The van der Waals surface area contributed by atoms with Gasteiger partial charge in [-0.05, 0) is 38.9 Å². The fraction of sp³-hybridized carbons (Fsp3) is 1.00. The molecule has 0 bridgehead atoms. The minimum atomic E-state index is 0.737. The second kappa shape index (κ2) is 4.24. The van der Waals surface area contributed by atoms with Gasteiger partial charge in [-0.15, -0.1) is 0 Å². The topological polar surface area (TPSA) is 15.3 Å². The van der Waals surface area contributed by atoms with E-state index < -0.39 is 0 Å². The van der Waals surface area contributed by atoms with Crippen LogP contribution < -0.4 is 5.32 Å². The van der Waals surface area contributed by atoms with E-state index in [-0.39, 0.29) is 0 Å². The molecule has 72 valence electrons. The molecule has 1 saturated heterocycles. The van der Waals surface area contributed by atoms with E-state index in [2.05, 4.69) is 38.2 Å². The third kappa shape index (κ3) is 2.20. The molecule has 12 heavy (non-hydrogen) atoms. The van der Waals surface area contributed by atoms with Crippen LogP contribution in [0.25, 0.3) is 0 Å². The Morgan fingerprint density at radius 3 is 2.58 bits per heavy atom. The van der Waals surface area contributed by atoms with Gasteiger partial charge in [-0.25, -0.2) is 0 Å². The summed E-state index contributed by atoms with van der Waals surface area (Å²) >= 11 is 0. The maximum Gasteiger partial charge on any atom is 0.0119 e. The van der Waals surface area contributed by atoms with Crippen molar-refractivity contribution >= 4 is 0 Å². The van der Waals surface area contributed by atoms with Gasteiger partial charge in [0.15, 0.2) is 0 Å². The number of hydrogen-bond donors (Lipinski definition) is 1. The Morgan fingerprint density at radius 1 is 1.42 bits per heavy atom. The van der Waals surface area contributed by atoms with E-state index in [0.717, 1.165) is 17.9 Å². The molecule has 2 atom stereocenters. The Bertz CT molecular complexity index is 134. The van der Waals surface area contributed by atoms with Gasteiger partial charge < -0.3 is 10.2 Å². The van der Waals surface area contributed by atoms with E-state index in [1.807, 2.05) is 0 Å². The molecule has 2 unspecified atom stereocenters. The van der Waals surface area contributed by atoms with Crippen LogP contribution in [-0.4, -0.2) is 38.1 Å². The van der Waals surface area contributed by atoms with Gasteiger partial charge in [0.25, 0.3) is 0 Å². The lowest BCUT2D eigenvalue weighted by Gasteiger charge is -2.38. The average Bonchev–Trinajstić information content (AvgIpc) is 2.04. The molecule has 1 rings (SSSR count). The zero-order valence-corrected chi connectivity index (χ0v) is 8.80. The van der Waals surface area contributed by atoms with Crippen LogP contribution in [-0.2, 0) is 0 Å². The smallest absolute Gasteiger partial charge is 0.0119 e. The molecule has 0 amide bonds. The number of nitrogens with one attached hydrogen (secondary N) is 1. The second-order valence-electron chi connectivity index (χ2n) is 4.35. The van der Waals surface area contributed by atoms with Crippen molar-refractivity contribution in [3.63, 3.8) is 0 Å². The highest BCUT2D eigenvalue weighted by atomic mass is 15.1. The Labute approximate surface area is 76.3 Å². The zero-order chi connectivity index (χ0) is 9.14. The van der Waals surface area contributed by atoms with Crippen LogP contribution in [0.5, 0.6) is 0 Å². The standard InChI is InChI=1S/C10H22N2/c1-8(2)9-7-12(4)6-5-10(9)11-3/h8-11H,5-7H2,1-4H3. The predicted molar refractivity (Wildman–Crippen MR) is 53.3 cm³/mol. The number of rotatable bonds is 2. The normalized spacial score (nSPS) is 32.8. The van der Waals surface area contributed by atoms with Crippen molar-refractivity contribution in [2.24, 2.45) is 11.8 Å². The van der Waals surface area contributed by atoms with Crippen LogP contribution in [0.15, 0.2) is 0 Å². The minimum absolute atomic E-state index is 0.737. The Balaban J connectivity index is 2.52. The average molecular weight is 170 g/mol. The summed E-state index contributed by atoms with van der Waals surface area (Å²) in [5.74, 6) is 1.62. The van der Waals surface area contributed by atoms with E-state index in [4.69, 9.17) is 0 Å². The molecule has 1 N–H and O–H groups in total. The molecule has 1 fully saturated rings. The first-order valence-corrected chi connectivity index (χ1v) is 5.01. The Kier molecular flexibility index (Phi) is 3.53. The lowest BCUT2D eigenvalue weighted by molar-refractivity contribution is 0.134. The monoisotopic (exact) mass is 170 g/mol.